The molecule has 0 aromatic heterocycles. The Labute approximate surface area is 145 Å². The Bertz CT molecular complexity index is 644. The number of aldehydes is 1. The molecule has 2 rings (SSSR count). The van der Waals surface area contributed by atoms with Crippen molar-refractivity contribution in [3.8, 4) is 5.75 Å². The molecular formula is C16H21BN2O6. The number of piperidine rings is 1. The second kappa shape index (κ2) is 8.64. The van der Waals surface area contributed by atoms with Gasteiger partial charge in [0, 0.05) is 26.1 Å². The molecule has 1 heterocycles. The van der Waals surface area contributed by atoms with Crippen LogP contribution < -0.4 is 15.5 Å². The number of ether oxygens (including phenoxy) is 1. The van der Waals surface area contributed by atoms with Crippen LogP contribution in [0.4, 0.5) is 0 Å². The largest absolute Gasteiger partial charge is 0.489 e. The molecule has 0 radical (unpaired) electrons. The maximum absolute atomic E-state index is 12.2. The van der Waals surface area contributed by atoms with Crippen LogP contribution in [-0.4, -0.2) is 66.9 Å². The Morgan fingerprint density at radius 3 is 2.60 bits per heavy atom. The van der Waals surface area contributed by atoms with Crippen molar-refractivity contribution in [1.82, 2.24) is 10.2 Å². The molecule has 0 aliphatic carbocycles. The van der Waals surface area contributed by atoms with E-state index in [1.54, 1.807) is 11.9 Å². The first-order chi connectivity index (χ1) is 12.0. The van der Waals surface area contributed by atoms with Gasteiger partial charge in [0.2, 0.25) is 5.91 Å². The molecule has 1 saturated heterocycles. The zero-order valence-electron chi connectivity index (χ0n) is 14.0. The SMILES string of the molecule is CNC(=O)C1CCN(C(=O)COc2cccc(B(O)O)c2C=O)CC1. The number of nitrogens with one attached hydrogen (secondary N) is 1. The van der Waals surface area contributed by atoms with Crippen molar-refractivity contribution >= 4 is 30.7 Å². The molecule has 1 aliphatic heterocycles. The van der Waals surface area contributed by atoms with Gasteiger partial charge in [0.05, 0.1) is 5.56 Å². The molecule has 9 heteroatoms. The van der Waals surface area contributed by atoms with Gasteiger partial charge < -0.3 is 25.0 Å². The van der Waals surface area contributed by atoms with E-state index < -0.39 is 7.12 Å². The number of carbonyl (C=O) groups excluding carboxylic acids is 3. The van der Waals surface area contributed by atoms with Crippen LogP contribution in [0.5, 0.6) is 5.75 Å². The maximum Gasteiger partial charge on any atom is 0.489 e. The van der Waals surface area contributed by atoms with E-state index in [4.69, 9.17) is 4.74 Å². The molecule has 1 aromatic carbocycles. The van der Waals surface area contributed by atoms with Crippen LogP contribution in [0.2, 0.25) is 0 Å². The second-order valence-electron chi connectivity index (χ2n) is 5.81. The van der Waals surface area contributed by atoms with Crippen molar-refractivity contribution in [1.29, 1.82) is 0 Å². The average Bonchev–Trinajstić information content (AvgIpc) is 2.64. The summed E-state index contributed by atoms with van der Waals surface area (Å²) in [4.78, 5) is 36.7. The zero-order valence-corrected chi connectivity index (χ0v) is 14.0. The normalized spacial score (nSPS) is 14.8. The van der Waals surface area contributed by atoms with Crippen molar-refractivity contribution in [2.75, 3.05) is 26.7 Å². The standard InChI is InChI=1S/C16H21BN2O6/c1-18-16(22)11-5-7-19(8-6-11)15(21)10-25-14-4-2-3-13(17(23)24)12(14)9-20/h2-4,9,11,23-24H,5-8,10H2,1H3,(H,18,22). The molecule has 25 heavy (non-hydrogen) atoms. The summed E-state index contributed by atoms with van der Waals surface area (Å²) in [5, 5.41) is 21.1. The number of hydrogen-bond acceptors (Lipinski definition) is 6. The lowest BCUT2D eigenvalue weighted by atomic mass is 9.77. The van der Waals surface area contributed by atoms with Crippen molar-refractivity contribution in [3.63, 3.8) is 0 Å². The number of carbonyl (C=O) groups is 3. The molecule has 1 aromatic rings. The summed E-state index contributed by atoms with van der Waals surface area (Å²) < 4.78 is 5.41. The highest BCUT2D eigenvalue weighted by atomic mass is 16.5. The number of rotatable bonds is 6. The third-order valence-electron chi connectivity index (χ3n) is 4.31. The first-order valence-corrected chi connectivity index (χ1v) is 8.04. The number of nitrogens with zero attached hydrogens (tertiary/aromatic N) is 1. The van der Waals surface area contributed by atoms with Gasteiger partial charge >= 0.3 is 7.12 Å². The highest BCUT2D eigenvalue weighted by Gasteiger charge is 2.27. The molecule has 0 atom stereocenters. The van der Waals surface area contributed by atoms with Crippen LogP contribution in [0.25, 0.3) is 0 Å². The van der Waals surface area contributed by atoms with Gasteiger partial charge in [-0.1, -0.05) is 12.1 Å². The highest BCUT2D eigenvalue weighted by molar-refractivity contribution is 6.60. The van der Waals surface area contributed by atoms with E-state index in [0.717, 1.165) is 0 Å². The first kappa shape index (κ1) is 18.9. The fourth-order valence-electron chi connectivity index (χ4n) is 2.86. The van der Waals surface area contributed by atoms with E-state index in [0.29, 0.717) is 32.2 Å². The minimum absolute atomic E-state index is 0.00336. The summed E-state index contributed by atoms with van der Waals surface area (Å²) in [6.07, 6.45) is 1.65. The Morgan fingerprint density at radius 1 is 1.36 bits per heavy atom. The predicted octanol–water partition coefficient (Wildman–Crippen LogP) is -1.46. The van der Waals surface area contributed by atoms with E-state index >= 15 is 0 Å². The van der Waals surface area contributed by atoms with Gasteiger partial charge in [-0.3, -0.25) is 14.4 Å². The predicted molar refractivity (Wildman–Crippen MR) is 90.5 cm³/mol. The van der Waals surface area contributed by atoms with Gasteiger partial charge in [-0.2, -0.15) is 0 Å². The van der Waals surface area contributed by atoms with E-state index in [9.17, 15) is 24.4 Å². The molecule has 0 unspecified atom stereocenters. The van der Waals surface area contributed by atoms with Gasteiger partial charge in [0.15, 0.2) is 12.9 Å². The maximum atomic E-state index is 12.2. The topological polar surface area (TPSA) is 116 Å². The van der Waals surface area contributed by atoms with Crippen molar-refractivity contribution in [2.45, 2.75) is 12.8 Å². The quantitative estimate of drug-likeness (QED) is 0.428. The molecular weight excluding hydrogens is 327 g/mol. The summed E-state index contributed by atoms with van der Waals surface area (Å²) in [5.74, 6) is -0.228. The van der Waals surface area contributed by atoms with Gasteiger partial charge in [0.25, 0.3) is 5.91 Å². The molecule has 0 spiro atoms. The van der Waals surface area contributed by atoms with Crippen molar-refractivity contribution < 1.29 is 29.2 Å². The van der Waals surface area contributed by atoms with Crippen LogP contribution in [0.3, 0.4) is 0 Å². The van der Waals surface area contributed by atoms with Crippen LogP contribution in [-0.2, 0) is 9.59 Å². The summed E-state index contributed by atoms with van der Waals surface area (Å²) in [5.41, 5.74) is 0.0231. The van der Waals surface area contributed by atoms with Gasteiger partial charge in [0.1, 0.15) is 5.75 Å². The van der Waals surface area contributed by atoms with E-state index in [2.05, 4.69) is 5.32 Å². The molecule has 3 N–H and O–H groups in total. The first-order valence-electron chi connectivity index (χ1n) is 8.04. The van der Waals surface area contributed by atoms with Gasteiger partial charge in [-0.25, -0.2) is 0 Å². The summed E-state index contributed by atoms with van der Waals surface area (Å²) in [6, 6.07) is 4.39. The Kier molecular flexibility index (Phi) is 6.54. The molecule has 1 aliphatic rings. The van der Waals surface area contributed by atoms with E-state index in [-0.39, 0.29) is 41.1 Å². The third-order valence-corrected chi connectivity index (χ3v) is 4.31. The van der Waals surface area contributed by atoms with E-state index in [1.165, 1.54) is 18.2 Å². The highest BCUT2D eigenvalue weighted by Crippen LogP contribution is 2.18. The molecule has 0 saturated carbocycles. The smallest absolute Gasteiger partial charge is 0.483 e. The van der Waals surface area contributed by atoms with Crippen LogP contribution >= 0.6 is 0 Å². The van der Waals surface area contributed by atoms with Crippen LogP contribution in [0.1, 0.15) is 23.2 Å². The third kappa shape index (κ3) is 4.58. The lowest BCUT2D eigenvalue weighted by molar-refractivity contribution is -0.137. The number of amides is 2. The fourth-order valence-corrected chi connectivity index (χ4v) is 2.86. The molecule has 1 fully saturated rings. The Balaban J connectivity index is 1.94. The number of likely N-dealkylation sites (tertiary alicyclic amines) is 1. The van der Waals surface area contributed by atoms with Crippen molar-refractivity contribution in [3.05, 3.63) is 23.8 Å². The summed E-state index contributed by atoms with van der Waals surface area (Å²) in [7, 11) is -0.210. The fraction of sp³-hybridized carbons (Fsp3) is 0.438. The lowest BCUT2D eigenvalue weighted by Crippen LogP contribution is -2.44. The molecule has 8 nitrogen and oxygen atoms in total. The van der Waals surface area contributed by atoms with Gasteiger partial charge in [-0.15, -0.1) is 0 Å². The van der Waals surface area contributed by atoms with Crippen LogP contribution in [0.15, 0.2) is 18.2 Å². The molecule has 0 bridgehead atoms. The molecule has 2 amide bonds. The average molecular weight is 348 g/mol. The van der Waals surface area contributed by atoms with Gasteiger partial charge in [-0.05, 0) is 24.4 Å². The van der Waals surface area contributed by atoms with Crippen LogP contribution in [0, 0.1) is 5.92 Å². The summed E-state index contributed by atoms with van der Waals surface area (Å²) in [6.45, 7) is 0.670. The van der Waals surface area contributed by atoms with Crippen molar-refractivity contribution in [2.24, 2.45) is 5.92 Å². The lowest BCUT2D eigenvalue weighted by Gasteiger charge is -2.31. The molecule has 134 valence electrons. The minimum atomic E-state index is -1.80. The minimum Gasteiger partial charge on any atom is -0.483 e. The summed E-state index contributed by atoms with van der Waals surface area (Å²) >= 11 is 0. The second-order valence-corrected chi connectivity index (χ2v) is 5.81. The number of hydrogen-bond donors (Lipinski definition) is 3. The Hall–Kier alpha value is -2.39. The Morgan fingerprint density at radius 2 is 2.04 bits per heavy atom. The number of benzene rings is 1. The monoisotopic (exact) mass is 348 g/mol. The van der Waals surface area contributed by atoms with E-state index in [1.807, 2.05) is 0 Å². The zero-order chi connectivity index (χ0) is 18.4.